The molecule has 7 nitrogen and oxygen atoms in total. The molecule has 8 heteroatoms. The van der Waals surface area contributed by atoms with Crippen molar-refractivity contribution in [3.8, 4) is 10.7 Å². The Kier molecular flexibility index (Phi) is 5.55. The van der Waals surface area contributed by atoms with Gasteiger partial charge >= 0.3 is 0 Å². The summed E-state index contributed by atoms with van der Waals surface area (Å²) in [5.74, 6) is 0.304. The summed E-state index contributed by atoms with van der Waals surface area (Å²) >= 11 is 1.28. The van der Waals surface area contributed by atoms with Crippen molar-refractivity contribution in [2.45, 2.75) is 13.8 Å². The highest BCUT2D eigenvalue weighted by atomic mass is 32.1. The number of carbonyl (C=O) groups is 1. The van der Waals surface area contributed by atoms with E-state index in [1.807, 2.05) is 26.0 Å². The summed E-state index contributed by atoms with van der Waals surface area (Å²) in [5, 5.41) is 6.60. The van der Waals surface area contributed by atoms with E-state index in [1.54, 1.807) is 18.5 Å². The number of aryl methyl sites for hydroxylation is 2. The lowest BCUT2D eigenvalue weighted by molar-refractivity contribution is 0.0958. The Balaban J connectivity index is 1.79. The highest BCUT2D eigenvalue weighted by Gasteiger charge is 2.12. The van der Waals surface area contributed by atoms with Crippen LogP contribution in [0.5, 0.6) is 0 Å². The second-order valence-electron chi connectivity index (χ2n) is 5.84. The second kappa shape index (κ2) is 8.03. The van der Waals surface area contributed by atoms with Gasteiger partial charge in [-0.15, -0.1) is 11.3 Å². The minimum atomic E-state index is -0.179. The zero-order valence-electron chi connectivity index (χ0n) is 14.6. The predicted octanol–water partition coefficient (Wildman–Crippen LogP) is 2.65. The van der Waals surface area contributed by atoms with Crippen molar-refractivity contribution < 1.29 is 4.79 Å². The number of anilines is 2. The van der Waals surface area contributed by atoms with Gasteiger partial charge in [0, 0.05) is 25.0 Å². The first-order valence-electron chi connectivity index (χ1n) is 8.18. The summed E-state index contributed by atoms with van der Waals surface area (Å²) in [6, 6.07) is 7.95. The van der Waals surface area contributed by atoms with E-state index in [2.05, 4.69) is 31.7 Å². The molecule has 0 aliphatic carbocycles. The molecule has 0 aliphatic rings. The van der Waals surface area contributed by atoms with Crippen LogP contribution in [0.15, 0.2) is 36.7 Å². The van der Waals surface area contributed by atoms with Crippen LogP contribution in [0.4, 0.5) is 11.6 Å². The van der Waals surface area contributed by atoms with Gasteiger partial charge in [-0.1, -0.05) is 6.07 Å². The van der Waals surface area contributed by atoms with Gasteiger partial charge in [0.25, 0.3) is 5.91 Å². The zero-order chi connectivity index (χ0) is 18.5. The Hall–Kier alpha value is -2.84. The molecule has 1 amide bonds. The molecule has 1 aromatic carbocycles. The van der Waals surface area contributed by atoms with E-state index in [9.17, 15) is 4.79 Å². The largest absolute Gasteiger partial charge is 0.350 e. The van der Waals surface area contributed by atoms with Crippen molar-refractivity contribution in [2.24, 2.45) is 5.73 Å². The second-order valence-corrected chi connectivity index (χ2v) is 6.87. The van der Waals surface area contributed by atoms with Gasteiger partial charge < -0.3 is 16.4 Å². The number of nitrogens with two attached hydrogens (primary N) is 1. The van der Waals surface area contributed by atoms with Crippen LogP contribution in [0, 0.1) is 13.8 Å². The lowest BCUT2D eigenvalue weighted by Gasteiger charge is -2.07. The molecule has 0 saturated heterocycles. The maximum absolute atomic E-state index is 12.0. The zero-order valence-corrected chi connectivity index (χ0v) is 15.4. The van der Waals surface area contributed by atoms with Crippen molar-refractivity contribution in [1.82, 2.24) is 20.3 Å². The van der Waals surface area contributed by atoms with Crippen molar-refractivity contribution in [1.29, 1.82) is 0 Å². The molecule has 3 rings (SSSR count). The van der Waals surface area contributed by atoms with E-state index in [-0.39, 0.29) is 5.91 Å². The number of hydrogen-bond donors (Lipinski definition) is 3. The lowest BCUT2D eigenvalue weighted by Crippen LogP contribution is -2.28. The van der Waals surface area contributed by atoms with Crippen LogP contribution in [0.1, 0.15) is 20.8 Å². The topological polar surface area (TPSA) is 106 Å². The fourth-order valence-corrected chi connectivity index (χ4v) is 3.29. The van der Waals surface area contributed by atoms with Crippen molar-refractivity contribution >= 4 is 28.9 Å². The van der Waals surface area contributed by atoms with Gasteiger partial charge in [0.1, 0.15) is 15.6 Å². The predicted molar refractivity (Wildman–Crippen MR) is 104 cm³/mol. The molecule has 2 aromatic heterocycles. The monoisotopic (exact) mass is 368 g/mol. The molecule has 0 radical (unpaired) electrons. The Morgan fingerprint density at radius 1 is 1.19 bits per heavy atom. The van der Waals surface area contributed by atoms with Crippen molar-refractivity contribution in [3.05, 3.63) is 52.7 Å². The van der Waals surface area contributed by atoms with E-state index in [0.29, 0.717) is 34.6 Å². The van der Waals surface area contributed by atoms with E-state index in [4.69, 9.17) is 5.73 Å². The molecule has 4 N–H and O–H groups in total. The summed E-state index contributed by atoms with van der Waals surface area (Å²) in [4.78, 5) is 25.6. The standard InChI is InChI=1S/C18H20N6OS/c1-11-7-12(2)9-13(8-11)23-18-21-5-3-14(24-18)17-22-10-15(26-17)16(25)20-6-4-19/h3,5,7-10H,4,6,19H2,1-2H3,(H,20,25)(H,21,23,24). The molecular weight excluding hydrogens is 348 g/mol. The van der Waals surface area contributed by atoms with Crippen LogP contribution in [0.3, 0.4) is 0 Å². The van der Waals surface area contributed by atoms with Gasteiger partial charge in [-0.3, -0.25) is 4.79 Å². The summed E-state index contributed by atoms with van der Waals surface area (Å²) in [7, 11) is 0. The molecule has 0 atom stereocenters. The number of thiazole rings is 1. The Labute approximate surface area is 155 Å². The third kappa shape index (κ3) is 4.41. The highest BCUT2D eigenvalue weighted by Crippen LogP contribution is 2.25. The molecule has 0 unspecified atom stereocenters. The van der Waals surface area contributed by atoms with Crippen LogP contribution in [0.2, 0.25) is 0 Å². The summed E-state index contributed by atoms with van der Waals surface area (Å²) in [6.45, 7) is 4.92. The molecule has 0 fully saturated rings. The average molecular weight is 368 g/mol. The summed E-state index contributed by atoms with van der Waals surface area (Å²) in [5.41, 5.74) is 9.32. The smallest absolute Gasteiger partial charge is 0.263 e. The third-order valence-electron chi connectivity index (χ3n) is 3.51. The van der Waals surface area contributed by atoms with Gasteiger partial charge in [-0.05, 0) is 43.2 Å². The molecule has 26 heavy (non-hydrogen) atoms. The van der Waals surface area contributed by atoms with E-state index >= 15 is 0 Å². The number of benzene rings is 1. The van der Waals surface area contributed by atoms with Crippen molar-refractivity contribution in [3.63, 3.8) is 0 Å². The van der Waals surface area contributed by atoms with Gasteiger partial charge in [-0.25, -0.2) is 15.0 Å². The van der Waals surface area contributed by atoms with Crippen LogP contribution >= 0.6 is 11.3 Å². The minimum Gasteiger partial charge on any atom is -0.350 e. The number of rotatable bonds is 6. The third-order valence-corrected chi connectivity index (χ3v) is 4.53. The highest BCUT2D eigenvalue weighted by molar-refractivity contribution is 7.16. The number of nitrogens with one attached hydrogen (secondary N) is 2. The SMILES string of the molecule is Cc1cc(C)cc(Nc2nccc(-c3ncc(C(=O)NCCN)s3)n2)c1. The maximum atomic E-state index is 12.0. The average Bonchev–Trinajstić information content (AvgIpc) is 3.09. The van der Waals surface area contributed by atoms with Gasteiger partial charge in [-0.2, -0.15) is 0 Å². The van der Waals surface area contributed by atoms with Crippen LogP contribution in [-0.4, -0.2) is 33.9 Å². The molecule has 0 aliphatic heterocycles. The molecule has 134 valence electrons. The minimum absolute atomic E-state index is 0.179. The molecular formula is C18H20N6OS. The molecule has 2 heterocycles. The van der Waals surface area contributed by atoms with Gasteiger partial charge in [0.05, 0.1) is 6.20 Å². The van der Waals surface area contributed by atoms with Crippen LogP contribution in [-0.2, 0) is 0 Å². The fraction of sp³-hybridized carbons (Fsp3) is 0.222. The number of carbonyl (C=O) groups excluding carboxylic acids is 1. The van der Waals surface area contributed by atoms with Gasteiger partial charge in [0.15, 0.2) is 0 Å². The fourth-order valence-electron chi connectivity index (χ4n) is 2.48. The Bertz CT molecular complexity index is 903. The first-order chi connectivity index (χ1) is 12.5. The molecule has 0 bridgehead atoms. The van der Waals surface area contributed by atoms with Crippen LogP contribution < -0.4 is 16.4 Å². The maximum Gasteiger partial charge on any atom is 0.263 e. The number of amides is 1. The van der Waals surface area contributed by atoms with Crippen molar-refractivity contribution in [2.75, 3.05) is 18.4 Å². The number of hydrogen-bond acceptors (Lipinski definition) is 7. The van der Waals surface area contributed by atoms with E-state index < -0.39 is 0 Å². The quantitative estimate of drug-likeness (QED) is 0.618. The van der Waals surface area contributed by atoms with E-state index in [1.165, 1.54) is 11.3 Å². The Morgan fingerprint density at radius 3 is 2.69 bits per heavy atom. The first-order valence-corrected chi connectivity index (χ1v) is 8.99. The summed E-state index contributed by atoms with van der Waals surface area (Å²) in [6.07, 6.45) is 3.22. The normalized spacial score (nSPS) is 10.6. The molecule has 0 saturated carbocycles. The summed E-state index contributed by atoms with van der Waals surface area (Å²) < 4.78 is 0. The van der Waals surface area contributed by atoms with E-state index in [0.717, 1.165) is 16.8 Å². The first kappa shape index (κ1) is 18.0. The number of aromatic nitrogens is 3. The molecule has 3 aromatic rings. The Morgan fingerprint density at radius 2 is 1.96 bits per heavy atom. The lowest BCUT2D eigenvalue weighted by atomic mass is 10.1. The van der Waals surface area contributed by atoms with Gasteiger partial charge in [0.2, 0.25) is 5.95 Å². The molecule has 0 spiro atoms. The van der Waals surface area contributed by atoms with Crippen LogP contribution in [0.25, 0.3) is 10.7 Å². The number of nitrogens with zero attached hydrogens (tertiary/aromatic N) is 3.